The smallest absolute Gasteiger partial charge is 0.240 e. The van der Waals surface area contributed by atoms with Crippen molar-refractivity contribution in [2.75, 3.05) is 17.2 Å². The van der Waals surface area contributed by atoms with Gasteiger partial charge in [-0.3, -0.25) is 14.5 Å². The molecule has 2 atom stereocenters. The van der Waals surface area contributed by atoms with Crippen molar-refractivity contribution in [1.82, 2.24) is 15.1 Å². The third-order valence-electron chi connectivity index (χ3n) is 5.99. The predicted molar refractivity (Wildman–Crippen MR) is 141 cm³/mol. The number of hydrogen-bond donors (Lipinski definition) is 1. The summed E-state index contributed by atoms with van der Waals surface area (Å²) in [6, 6.07) is 10.1. The van der Waals surface area contributed by atoms with E-state index in [4.69, 9.17) is 5.10 Å². The molecule has 0 saturated carbocycles. The van der Waals surface area contributed by atoms with Crippen LogP contribution in [0.25, 0.3) is 5.69 Å². The Kier molecular flexibility index (Phi) is 7.38. The first-order chi connectivity index (χ1) is 16.6. The molecule has 186 valence electrons. The highest BCUT2D eigenvalue weighted by Crippen LogP contribution is 2.49. The molecule has 1 N–H and O–H groups in total. The molecule has 9 heteroatoms. The lowest BCUT2D eigenvalue weighted by atomic mass is 9.88. The van der Waals surface area contributed by atoms with E-state index in [0.29, 0.717) is 11.5 Å². The minimum atomic E-state index is -0.351. The molecule has 0 fully saturated rings. The van der Waals surface area contributed by atoms with Crippen molar-refractivity contribution in [3.63, 3.8) is 0 Å². The van der Waals surface area contributed by atoms with Crippen LogP contribution in [0.1, 0.15) is 62.4 Å². The number of carbonyl (C=O) groups is 2. The molecule has 3 aromatic rings. The number of halogens is 1. The summed E-state index contributed by atoms with van der Waals surface area (Å²) in [5, 5.41) is 9.89. The van der Waals surface area contributed by atoms with Crippen LogP contribution in [-0.2, 0) is 15.0 Å². The van der Waals surface area contributed by atoms with E-state index >= 15 is 0 Å². The molecule has 3 heterocycles. The number of benzene rings is 1. The molecule has 0 bridgehead atoms. The van der Waals surface area contributed by atoms with Crippen LogP contribution in [0.4, 0.5) is 10.2 Å². The van der Waals surface area contributed by atoms with Crippen LogP contribution >= 0.6 is 23.1 Å². The Morgan fingerprint density at radius 3 is 2.57 bits per heavy atom. The second-order valence-electron chi connectivity index (χ2n) is 9.79. The van der Waals surface area contributed by atoms with Gasteiger partial charge in [0, 0.05) is 21.9 Å². The Hall–Kier alpha value is -2.65. The standard InChI is InChI=1S/C26H31FN4O2S2/c1-6-16(2)28-20(32)14-30-21(33)15-35-23(19-8-7-13-34-19)22-24(26(3,4)5)29-31(25(22)30)18-11-9-17(27)10-12-18/h7-13,16,23H,6,14-15H2,1-5H3,(H,28,32)/t16-,23-/m1/s1. The van der Waals surface area contributed by atoms with Gasteiger partial charge in [0.05, 0.1) is 22.4 Å². The van der Waals surface area contributed by atoms with Crippen molar-refractivity contribution in [3.8, 4) is 5.69 Å². The van der Waals surface area contributed by atoms with E-state index in [2.05, 4.69) is 32.2 Å². The molecule has 1 aliphatic heterocycles. The van der Waals surface area contributed by atoms with Gasteiger partial charge < -0.3 is 5.32 Å². The second kappa shape index (κ2) is 10.1. The lowest BCUT2D eigenvalue weighted by molar-refractivity contribution is -0.123. The SMILES string of the molecule is CC[C@@H](C)NC(=O)CN1C(=O)CS[C@H](c2cccs2)c2c(C(C)(C)C)nn(-c3ccc(F)cc3)c21. The number of rotatable bonds is 6. The first-order valence-corrected chi connectivity index (χ1v) is 13.7. The van der Waals surface area contributed by atoms with Crippen molar-refractivity contribution < 1.29 is 14.0 Å². The molecule has 1 aliphatic rings. The molecule has 2 amide bonds. The fraction of sp³-hybridized carbons (Fsp3) is 0.423. The van der Waals surface area contributed by atoms with Gasteiger partial charge in [-0.25, -0.2) is 9.07 Å². The van der Waals surface area contributed by atoms with E-state index < -0.39 is 0 Å². The summed E-state index contributed by atoms with van der Waals surface area (Å²) in [7, 11) is 0. The van der Waals surface area contributed by atoms with Crippen molar-refractivity contribution in [3.05, 3.63) is 63.7 Å². The molecular formula is C26H31FN4O2S2. The van der Waals surface area contributed by atoms with Crippen LogP contribution in [-0.4, -0.2) is 39.9 Å². The number of thioether (sulfide) groups is 1. The molecule has 0 spiro atoms. The van der Waals surface area contributed by atoms with E-state index in [-0.39, 0.29) is 46.6 Å². The molecule has 6 nitrogen and oxygen atoms in total. The number of nitrogens with one attached hydrogen (secondary N) is 1. The number of anilines is 1. The molecule has 35 heavy (non-hydrogen) atoms. The van der Waals surface area contributed by atoms with Gasteiger partial charge >= 0.3 is 0 Å². The van der Waals surface area contributed by atoms with Crippen LogP contribution in [0.2, 0.25) is 0 Å². The van der Waals surface area contributed by atoms with Gasteiger partial charge in [0.15, 0.2) is 0 Å². The maximum atomic E-state index is 13.8. The summed E-state index contributed by atoms with van der Waals surface area (Å²) in [5.74, 6) is 0.0896. The Bertz CT molecular complexity index is 1200. The number of thiophene rings is 1. The molecule has 0 radical (unpaired) electrons. The molecule has 1 aromatic carbocycles. The van der Waals surface area contributed by atoms with Crippen molar-refractivity contribution in [2.45, 2.75) is 57.7 Å². The zero-order valence-corrected chi connectivity index (χ0v) is 22.3. The molecule has 2 aromatic heterocycles. The second-order valence-corrected chi connectivity index (χ2v) is 11.9. The molecule has 0 unspecified atom stereocenters. The summed E-state index contributed by atoms with van der Waals surface area (Å²) in [6.07, 6.45) is 0.795. The first-order valence-electron chi connectivity index (χ1n) is 11.7. The zero-order chi connectivity index (χ0) is 25.3. The molecular weight excluding hydrogens is 483 g/mol. The van der Waals surface area contributed by atoms with E-state index in [1.54, 1.807) is 44.8 Å². The van der Waals surface area contributed by atoms with Gasteiger partial charge in [-0.05, 0) is 49.1 Å². The summed E-state index contributed by atoms with van der Waals surface area (Å²) in [6.45, 7) is 10.1. The van der Waals surface area contributed by atoms with Crippen LogP contribution in [0, 0.1) is 5.82 Å². The average molecular weight is 515 g/mol. The highest BCUT2D eigenvalue weighted by atomic mass is 32.2. The summed E-state index contributed by atoms with van der Waals surface area (Å²) < 4.78 is 15.5. The summed E-state index contributed by atoms with van der Waals surface area (Å²) in [4.78, 5) is 29.2. The van der Waals surface area contributed by atoms with Gasteiger partial charge in [-0.15, -0.1) is 23.1 Å². The fourth-order valence-electron chi connectivity index (χ4n) is 4.07. The topological polar surface area (TPSA) is 67.2 Å². The van der Waals surface area contributed by atoms with Crippen LogP contribution in [0.15, 0.2) is 41.8 Å². The maximum absolute atomic E-state index is 13.8. The van der Waals surface area contributed by atoms with E-state index in [1.165, 1.54) is 12.1 Å². The maximum Gasteiger partial charge on any atom is 0.240 e. The Morgan fingerprint density at radius 1 is 1.26 bits per heavy atom. The zero-order valence-electron chi connectivity index (χ0n) is 20.7. The number of amides is 2. The van der Waals surface area contributed by atoms with E-state index in [1.807, 2.05) is 25.3 Å². The third-order valence-corrected chi connectivity index (χ3v) is 8.32. The summed E-state index contributed by atoms with van der Waals surface area (Å²) >= 11 is 3.20. The lowest BCUT2D eigenvalue weighted by Crippen LogP contribution is -2.44. The Labute approximate surface area is 213 Å². The minimum Gasteiger partial charge on any atom is -0.352 e. The third kappa shape index (κ3) is 5.30. The number of carbonyl (C=O) groups excluding carboxylic acids is 2. The number of fused-ring (bicyclic) bond motifs is 1. The monoisotopic (exact) mass is 514 g/mol. The number of hydrogen-bond acceptors (Lipinski definition) is 5. The highest BCUT2D eigenvalue weighted by molar-refractivity contribution is 8.00. The van der Waals surface area contributed by atoms with Crippen LogP contribution in [0.3, 0.4) is 0 Å². The quantitative estimate of drug-likeness (QED) is 0.475. The molecule has 0 aliphatic carbocycles. The van der Waals surface area contributed by atoms with E-state index in [9.17, 15) is 14.0 Å². The van der Waals surface area contributed by atoms with Gasteiger partial charge in [-0.1, -0.05) is 33.8 Å². The van der Waals surface area contributed by atoms with Crippen molar-refractivity contribution >= 4 is 40.7 Å². The predicted octanol–water partition coefficient (Wildman–Crippen LogP) is 5.45. The number of nitrogens with zero attached hydrogens (tertiary/aromatic N) is 3. The largest absolute Gasteiger partial charge is 0.352 e. The van der Waals surface area contributed by atoms with Gasteiger partial charge in [-0.2, -0.15) is 5.10 Å². The highest BCUT2D eigenvalue weighted by Gasteiger charge is 2.40. The van der Waals surface area contributed by atoms with Gasteiger partial charge in [0.1, 0.15) is 18.2 Å². The van der Waals surface area contributed by atoms with Crippen LogP contribution in [0.5, 0.6) is 0 Å². The average Bonchev–Trinajstić information content (AvgIpc) is 3.44. The summed E-state index contributed by atoms with van der Waals surface area (Å²) in [5.41, 5.74) is 2.08. The van der Waals surface area contributed by atoms with Gasteiger partial charge in [0.2, 0.25) is 11.8 Å². The number of aromatic nitrogens is 2. The Morgan fingerprint density at radius 2 is 1.97 bits per heavy atom. The normalized spacial score (nSPS) is 17.1. The van der Waals surface area contributed by atoms with E-state index in [0.717, 1.165) is 22.6 Å². The first kappa shape index (κ1) is 25.4. The minimum absolute atomic E-state index is 0.00411. The molecule has 4 rings (SSSR count). The Balaban J connectivity index is 1.95. The molecule has 0 saturated heterocycles. The fourth-order valence-corrected chi connectivity index (χ4v) is 6.24. The van der Waals surface area contributed by atoms with Crippen molar-refractivity contribution in [1.29, 1.82) is 0 Å². The van der Waals surface area contributed by atoms with Crippen molar-refractivity contribution in [2.24, 2.45) is 0 Å². The van der Waals surface area contributed by atoms with Gasteiger partial charge in [0.25, 0.3) is 0 Å². The lowest BCUT2D eigenvalue weighted by Gasteiger charge is -2.24. The van der Waals surface area contributed by atoms with Crippen LogP contribution < -0.4 is 10.2 Å².